The minimum absolute atomic E-state index is 0. The van der Waals surface area contributed by atoms with Crippen LogP contribution in [0.1, 0.15) is 31.9 Å². The number of nitrogens with one attached hydrogen (secondary N) is 1. The third kappa shape index (κ3) is 3.20. The smallest absolute Gasteiger partial charge is 0.0968 e. The molecule has 0 aliphatic rings. The highest BCUT2D eigenvalue weighted by Crippen LogP contribution is 2.27. The summed E-state index contributed by atoms with van der Waals surface area (Å²) in [7, 11) is 1.88. The number of aliphatic hydroxyl groups is 1. The van der Waals surface area contributed by atoms with E-state index >= 15 is 0 Å². The second-order valence-electron chi connectivity index (χ2n) is 3.83. The van der Waals surface area contributed by atoms with E-state index in [9.17, 15) is 5.11 Å². The van der Waals surface area contributed by atoms with Crippen molar-refractivity contribution in [2.45, 2.75) is 31.9 Å². The topological polar surface area (TPSA) is 32.3 Å². The van der Waals surface area contributed by atoms with E-state index < -0.39 is 6.10 Å². The van der Waals surface area contributed by atoms with Crippen LogP contribution in [0.4, 0.5) is 0 Å². The van der Waals surface area contributed by atoms with Gasteiger partial charge in [0, 0.05) is 5.54 Å². The quantitative estimate of drug-likeness (QED) is 0.832. The second-order valence-corrected chi connectivity index (χ2v) is 3.83. The zero-order valence-corrected chi connectivity index (χ0v) is 10.3. The Morgan fingerprint density at radius 1 is 1.33 bits per heavy atom. The molecule has 15 heavy (non-hydrogen) atoms. The van der Waals surface area contributed by atoms with Gasteiger partial charge in [-0.05, 0) is 26.0 Å². The first kappa shape index (κ1) is 14.4. The monoisotopic (exact) mass is 229 g/mol. The SMILES string of the molecule is CCC(C)(NC)C(O)c1ccccc1.Cl. The Hall–Kier alpha value is -0.570. The highest BCUT2D eigenvalue weighted by molar-refractivity contribution is 5.85. The van der Waals surface area contributed by atoms with Crippen LogP contribution in [0.15, 0.2) is 30.3 Å². The molecule has 1 aromatic rings. The van der Waals surface area contributed by atoms with Crippen LogP contribution in [-0.2, 0) is 0 Å². The lowest BCUT2D eigenvalue weighted by Crippen LogP contribution is -2.44. The number of rotatable bonds is 4. The molecule has 0 radical (unpaired) electrons. The molecule has 0 aliphatic carbocycles. The van der Waals surface area contributed by atoms with Crippen molar-refractivity contribution >= 4 is 12.4 Å². The fraction of sp³-hybridized carbons (Fsp3) is 0.500. The first-order chi connectivity index (χ1) is 6.64. The van der Waals surface area contributed by atoms with Gasteiger partial charge in [-0.1, -0.05) is 37.3 Å². The van der Waals surface area contributed by atoms with Gasteiger partial charge in [-0.2, -0.15) is 0 Å². The van der Waals surface area contributed by atoms with Gasteiger partial charge in [0.05, 0.1) is 6.10 Å². The number of hydrogen-bond acceptors (Lipinski definition) is 2. The van der Waals surface area contributed by atoms with E-state index in [0.717, 1.165) is 12.0 Å². The van der Waals surface area contributed by atoms with Crippen molar-refractivity contribution in [3.05, 3.63) is 35.9 Å². The summed E-state index contributed by atoms with van der Waals surface area (Å²) in [5.74, 6) is 0. The summed E-state index contributed by atoms with van der Waals surface area (Å²) in [5, 5.41) is 13.4. The summed E-state index contributed by atoms with van der Waals surface area (Å²) in [6.45, 7) is 4.10. The van der Waals surface area contributed by atoms with Crippen LogP contribution < -0.4 is 5.32 Å². The minimum Gasteiger partial charge on any atom is -0.386 e. The highest BCUT2D eigenvalue weighted by atomic mass is 35.5. The Labute approximate surface area is 98.1 Å². The van der Waals surface area contributed by atoms with Crippen molar-refractivity contribution < 1.29 is 5.11 Å². The van der Waals surface area contributed by atoms with Gasteiger partial charge in [-0.15, -0.1) is 12.4 Å². The molecule has 0 saturated heterocycles. The number of benzene rings is 1. The van der Waals surface area contributed by atoms with E-state index in [1.807, 2.05) is 44.3 Å². The third-order valence-electron chi connectivity index (χ3n) is 3.02. The van der Waals surface area contributed by atoms with Crippen LogP contribution in [0.25, 0.3) is 0 Å². The fourth-order valence-corrected chi connectivity index (χ4v) is 1.51. The predicted octanol–water partition coefficient (Wildman–Crippen LogP) is 2.53. The standard InChI is InChI=1S/C12H19NO.ClH/c1-4-12(2,13-3)11(14)10-8-6-5-7-9-10;/h5-9,11,13-14H,4H2,1-3H3;1H. The lowest BCUT2D eigenvalue weighted by molar-refractivity contribution is 0.0716. The first-order valence-corrected chi connectivity index (χ1v) is 5.06. The molecule has 0 aliphatic heterocycles. The van der Waals surface area contributed by atoms with Crippen molar-refractivity contribution in [2.75, 3.05) is 7.05 Å². The summed E-state index contributed by atoms with van der Waals surface area (Å²) in [6, 6.07) is 9.76. The van der Waals surface area contributed by atoms with E-state index in [4.69, 9.17) is 0 Å². The van der Waals surface area contributed by atoms with Crippen LogP contribution in [0.5, 0.6) is 0 Å². The van der Waals surface area contributed by atoms with Gasteiger partial charge in [0.1, 0.15) is 0 Å². The van der Waals surface area contributed by atoms with Gasteiger partial charge >= 0.3 is 0 Å². The van der Waals surface area contributed by atoms with Crippen LogP contribution in [0, 0.1) is 0 Å². The Morgan fingerprint density at radius 2 is 1.87 bits per heavy atom. The molecule has 0 saturated carbocycles. The van der Waals surface area contributed by atoms with Gasteiger partial charge in [-0.3, -0.25) is 0 Å². The van der Waals surface area contributed by atoms with Gasteiger partial charge in [0.2, 0.25) is 0 Å². The summed E-state index contributed by atoms with van der Waals surface area (Å²) in [4.78, 5) is 0. The molecule has 0 bridgehead atoms. The fourth-order valence-electron chi connectivity index (χ4n) is 1.51. The number of hydrogen-bond donors (Lipinski definition) is 2. The van der Waals surface area contributed by atoms with E-state index in [2.05, 4.69) is 12.2 Å². The molecule has 0 heterocycles. The Balaban J connectivity index is 0.00000196. The summed E-state index contributed by atoms with van der Waals surface area (Å²) >= 11 is 0. The molecule has 3 heteroatoms. The van der Waals surface area contributed by atoms with Crippen molar-refractivity contribution in [1.29, 1.82) is 0 Å². The van der Waals surface area contributed by atoms with Crippen molar-refractivity contribution in [2.24, 2.45) is 0 Å². The van der Waals surface area contributed by atoms with E-state index in [-0.39, 0.29) is 17.9 Å². The molecule has 1 aromatic carbocycles. The molecule has 0 amide bonds. The average Bonchev–Trinajstić information content (AvgIpc) is 2.28. The molecule has 0 spiro atoms. The second kappa shape index (κ2) is 6.11. The van der Waals surface area contributed by atoms with Crippen LogP contribution in [-0.4, -0.2) is 17.7 Å². The normalized spacial score (nSPS) is 16.3. The number of aliphatic hydroxyl groups excluding tert-OH is 1. The van der Waals surface area contributed by atoms with Crippen LogP contribution in [0.2, 0.25) is 0 Å². The molecular weight excluding hydrogens is 210 g/mol. The average molecular weight is 230 g/mol. The minimum atomic E-state index is -0.460. The van der Waals surface area contributed by atoms with E-state index in [1.165, 1.54) is 0 Å². The Bertz CT molecular complexity index is 272. The van der Waals surface area contributed by atoms with Crippen molar-refractivity contribution in [3.8, 4) is 0 Å². The molecule has 2 nitrogen and oxygen atoms in total. The maximum Gasteiger partial charge on any atom is 0.0968 e. The predicted molar refractivity (Wildman–Crippen MR) is 66.4 cm³/mol. The molecule has 2 unspecified atom stereocenters. The molecule has 2 atom stereocenters. The molecular formula is C12H20ClNO. The third-order valence-corrected chi connectivity index (χ3v) is 3.02. The van der Waals surface area contributed by atoms with Gasteiger partial charge < -0.3 is 10.4 Å². The summed E-state index contributed by atoms with van der Waals surface area (Å²) in [6.07, 6.45) is 0.429. The van der Waals surface area contributed by atoms with Crippen molar-refractivity contribution in [1.82, 2.24) is 5.32 Å². The molecule has 0 aromatic heterocycles. The van der Waals surface area contributed by atoms with Gasteiger partial charge in [0.25, 0.3) is 0 Å². The van der Waals surface area contributed by atoms with Crippen LogP contribution >= 0.6 is 12.4 Å². The maximum atomic E-state index is 10.2. The number of likely N-dealkylation sites (N-methyl/N-ethyl adjacent to an activating group) is 1. The molecule has 86 valence electrons. The molecule has 0 fully saturated rings. The lowest BCUT2D eigenvalue weighted by Gasteiger charge is -2.33. The van der Waals surface area contributed by atoms with Crippen molar-refractivity contribution in [3.63, 3.8) is 0 Å². The summed E-state index contributed by atoms with van der Waals surface area (Å²) < 4.78 is 0. The molecule has 2 N–H and O–H groups in total. The summed E-state index contributed by atoms with van der Waals surface area (Å²) in [5.41, 5.74) is 0.715. The number of halogens is 1. The van der Waals surface area contributed by atoms with E-state index in [1.54, 1.807) is 0 Å². The first-order valence-electron chi connectivity index (χ1n) is 5.06. The van der Waals surface area contributed by atoms with Crippen LogP contribution in [0.3, 0.4) is 0 Å². The van der Waals surface area contributed by atoms with E-state index in [0.29, 0.717) is 0 Å². The zero-order chi connectivity index (χ0) is 10.6. The largest absolute Gasteiger partial charge is 0.386 e. The lowest BCUT2D eigenvalue weighted by atomic mass is 9.87. The zero-order valence-electron chi connectivity index (χ0n) is 9.53. The molecule has 1 rings (SSSR count). The van der Waals surface area contributed by atoms with Gasteiger partial charge in [-0.25, -0.2) is 0 Å². The highest BCUT2D eigenvalue weighted by Gasteiger charge is 2.30. The van der Waals surface area contributed by atoms with Gasteiger partial charge in [0.15, 0.2) is 0 Å². The Morgan fingerprint density at radius 3 is 2.27 bits per heavy atom. The maximum absolute atomic E-state index is 10.2. The Kier molecular flexibility index (Phi) is 5.88.